The van der Waals surface area contributed by atoms with Gasteiger partial charge in [0.2, 0.25) is 5.91 Å². The molecule has 2 rings (SSSR count). The predicted molar refractivity (Wildman–Crippen MR) is 82.9 cm³/mol. The summed E-state index contributed by atoms with van der Waals surface area (Å²) in [4.78, 5) is 25.5. The fourth-order valence-corrected chi connectivity index (χ4v) is 2.62. The summed E-state index contributed by atoms with van der Waals surface area (Å²) in [5.41, 5.74) is 1.11. The van der Waals surface area contributed by atoms with Gasteiger partial charge in [0.15, 0.2) is 0 Å². The highest BCUT2D eigenvalue weighted by Crippen LogP contribution is 2.12. The Bertz CT molecular complexity index is 519. The number of morpholine rings is 1. The summed E-state index contributed by atoms with van der Waals surface area (Å²) in [5.74, 6) is -0.471. The molecule has 1 saturated heterocycles. The van der Waals surface area contributed by atoms with Gasteiger partial charge in [-0.25, -0.2) is 4.79 Å². The molecule has 0 bridgehead atoms. The van der Waals surface area contributed by atoms with Crippen LogP contribution in [-0.4, -0.2) is 55.7 Å². The highest BCUT2D eigenvalue weighted by atomic mass is 16.5. The molecule has 1 aromatic rings. The molecule has 1 amide bonds. The molecule has 0 aliphatic carbocycles. The highest BCUT2D eigenvalue weighted by Gasteiger charge is 2.23. The molecule has 1 aromatic carbocycles. The lowest BCUT2D eigenvalue weighted by Gasteiger charge is -2.34. The van der Waals surface area contributed by atoms with E-state index in [4.69, 9.17) is 4.74 Å². The van der Waals surface area contributed by atoms with Gasteiger partial charge in [-0.1, -0.05) is 0 Å². The van der Waals surface area contributed by atoms with Crippen molar-refractivity contribution in [2.75, 3.05) is 32.1 Å². The van der Waals surface area contributed by atoms with Gasteiger partial charge in [0.05, 0.1) is 31.4 Å². The topological polar surface area (TPSA) is 67.9 Å². The summed E-state index contributed by atoms with van der Waals surface area (Å²) < 4.78 is 10.3. The van der Waals surface area contributed by atoms with E-state index in [2.05, 4.69) is 15.0 Å². The van der Waals surface area contributed by atoms with Crippen molar-refractivity contribution in [3.8, 4) is 0 Å². The zero-order chi connectivity index (χ0) is 16.1. The summed E-state index contributed by atoms with van der Waals surface area (Å²) in [5, 5.41) is 2.83. The molecular weight excluding hydrogens is 284 g/mol. The number of amides is 1. The zero-order valence-corrected chi connectivity index (χ0v) is 13.2. The van der Waals surface area contributed by atoms with Gasteiger partial charge >= 0.3 is 5.97 Å². The van der Waals surface area contributed by atoms with Crippen LogP contribution in [0.1, 0.15) is 24.2 Å². The average Bonchev–Trinajstić information content (AvgIpc) is 2.46. The quantitative estimate of drug-likeness (QED) is 0.854. The first-order chi connectivity index (χ1) is 10.5. The molecule has 22 heavy (non-hydrogen) atoms. The standard InChI is InChI=1S/C16H22N2O4/c1-11-8-18(9-12(2)22-11)10-15(19)17-14-6-4-13(5-7-14)16(20)21-3/h4-7,11-12H,8-10H2,1-3H3,(H,17,19)/t11-,12+. The van der Waals surface area contributed by atoms with Crippen LogP contribution in [0.25, 0.3) is 0 Å². The average molecular weight is 306 g/mol. The lowest BCUT2D eigenvalue weighted by atomic mass is 10.2. The first-order valence-corrected chi connectivity index (χ1v) is 7.34. The summed E-state index contributed by atoms with van der Waals surface area (Å²) in [7, 11) is 1.34. The molecular formula is C16H22N2O4. The fourth-order valence-electron chi connectivity index (χ4n) is 2.62. The van der Waals surface area contributed by atoms with E-state index in [9.17, 15) is 9.59 Å². The second-order valence-electron chi connectivity index (χ2n) is 5.57. The van der Waals surface area contributed by atoms with Crippen LogP contribution < -0.4 is 5.32 Å². The summed E-state index contributed by atoms with van der Waals surface area (Å²) in [6, 6.07) is 6.63. The number of anilines is 1. The number of carbonyl (C=O) groups excluding carboxylic acids is 2. The monoisotopic (exact) mass is 306 g/mol. The third kappa shape index (κ3) is 4.54. The molecule has 1 N–H and O–H groups in total. The van der Waals surface area contributed by atoms with Gasteiger partial charge in [-0.3, -0.25) is 9.69 Å². The number of benzene rings is 1. The van der Waals surface area contributed by atoms with Crippen molar-refractivity contribution in [2.45, 2.75) is 26.1 Å². The summed E-state index contributed by atoms with van der Waals surface area (Å²) in [6.45, 7) is 5.84. The Labute approximate surface area is 130 Å². The minimum atomic E-state index is -0.394. The van der Waals surface area contributed by atoms with E-state index >= 15 is 0 Å². The number of hydrogen-bond acceptors (Lipinski definition) is 5. The Morgan fingerprint density at radius 1 is 1.23 bits per heavy atom. The maximum Gasteiger partial charge on any atom is 0.337 e. The lowest BCUT2D eigenvalue weighted by molar-refractivity contribution is -0.121. The van der Waals surface area contributed by atoms with Crippen molar-refractivity contribution in [3.63, 3.8) is 0 Å². The van der Waals surface area contributed by atoms with E-state index in [0.717, 1.165) is 13.1 Å². The van der Waals surface area contributed by atoms with Crippen LogP contribution in [0, 0.1) is 0 Å². The third-order valence-electron chi connectivity index (χ3n) is 3.45. The van der Waals surface area contributed by atoms with Gasteiger partial charge in [-0.2, -0.15) is 0 Å². The largest absolute Gasteiger partial charge is 0.465 e. The van der Waals surface area contributed by atoms with Crippen LogP contribution in [0.5, 0.6) is 0 Å². The first-order valence-electron chi connectivity index (χ1n) is 7.34. The van der Waals surface area contributed by atoms with E-state index in [1.54, 1.807) is 24.3 Å². The molecule has 1 heterocycles. The molecule has 1 fully saturated rings. The van der Waals surface area contributed by atoms with Crippen molar-refractivity contribution in [2.24, 2.45) is 0 Å². The van der Waals surface area contributed by atoms with E-state index in [0.29, 0.717) is 17.8 Å². The van der Waals surface area contributed by atoms with Gasteiger partial charge < -0.3 is 14.8 Å². The molecule has 1 aliphatic rings. The second kappa shape index (κ2) is 7.38. The van der Waals surface area contributed by atoms with Crippen molar-refractivity contribution in [1.29, 1.82) is 0 Å². The Morgan fingerprint density at radius 3 is 2.36 bits per heavy atom. The maximum absolute atomic E-state index is 12.1. The van der Waals surface area contributed by atoms with E-state index in [-0.39, 0.29) is 18.1 Å². The Balaban J connectivity index is 1.87. The van der Waals surface area contributed by atoms with Crippen LogP contribution in [0.3, 0.4) is 0 Å². The number of hydrogen-bond donors (Lipinski definition) is 1. The van der Waals surface area contributed by atoms with Crippen LogP contribution in [0.4, 0.5) is 5.69 Å². The number of esters is 1. The maximum atomic E-state index is 12.1. The highest BCUT2D eigenvalue weighted by molar-refractivity contribution is 5.93. The number of ether oxygens (including phenoxy) is 2. The number of carbonyl (C=O) groups is 2. The Hall–Kier alpha value is -1.92. The first kappa shape index (κ1) is 16.5. The van der Waals surface area contributed by atoms with Crippen LogP contribution in [0.15, 0.2) is 24.3 Å². The van der Waals surface area contributed by atoms with Crippen molar-refractivity contribution < 1.29 is 19.1 Å². The zero-order valence-electron chi connectivity index (χ0n) is 13.2. The van der Waals surface area contributed by atoms with Crippen LogP contribution >= 0.6 is 0 Å². The summed E-state index contributed by atoms with van der Waals surface area (Å²) in [6.07, 6.45) is 0.270. The van der Waals surface area contributed by atoms with Gasteiger partial charge in [-0.15, -0.1) is 0 Å². The van der Waals surface area contributed by atoms with E-state index < -0.39 is 5.97 Å². The molecule has 120 valence electrons. The van der Waals surface area contributed by atoms with Gasteiger partial charge in [0.1, 0.15) is 0 Å². The minimum absolute atomic E-state index is 0.0767. The molecule has 0 radical (unpaired) electrons. The summed E-state index contributed by atoms with van der Waals surface area (Å²) >= 11 is 0. The smallest absolute Gasteiger partial charge is 0.337 e. The minimum Gasteiger partial charge on any atom is -0.465 e. The van der Waals surface area contributed by atoms with E-state index in [1.165, 1.54) is 7.11 Å². The molecule has 0 spiro atoms. The molecule has 0 aromatic heterocycles. The molecule has 2 atom stereocenters. The van der Waals surface area contributed by atoms with Crippen molar-refractivity contribution >= 4 is 17.6 Å². The van der Waals surface area contributed by atoms with Gasteiger partial charge in [-0.05, 0) is 38.1 Å². The molecule has 0 unspecified atom stereocenters. The van der Waals surface area contributed by atoms with Gasteiger partial charge in [0.25, 0.3) is 0 Å². The normalized spacial score (nSPS) is 22.1. The van der Waals surface area contributed by atoms with E-state index in [1.807, 2.05) is 13.8 Å². The molecule has 6 heteroatoms. The third-order valence-corrected chi connectivity index (χ3v) is 3.45. The predicted octanol–water partition coefficient (Wildman–Crippen LogP) is 1.52. The molecule has 0 saturated carbocycles. The van der Waals surface area contributed by atoms with Crippen molar-refractivity contribution in [1.82, 2.24) is 4.90 Å². The SMILES string of the molecule is COC(=O)c1ccc(NC(=O)CN2C[C@@H](C)O[C@@H](C)C2)cc1. The Morgan fingerprint density at radius 2 is 1.82 bits per heavy atom. The van der Waals surface area contributed by atoms with Crippen LogP contribution in [0.2, 0.25) is 0 Å². The second-order valence-corrected chi connectivity index (χ2v) is 5.57. The Kier molecular flexibility index (Phi) is 5.51. The fraction of sp³-hybridized carbons (Fsp3) is 0.500. The number of nitrogens with one attached hydrogen (secondary N) is 1. The number of nitrogens with zero attached hydrogens (tertiary/aromatic N) is 1. The lowest BCUT2D eigenvalue weighted by Crippen LogP contribution is -2.48. The number of methoxy groups -OCH3 is 1. The molecule has 6 nitrogen and oxygen atoms in total. The van der Waals surface area contributed by atoms with Gasteiger partial charge in [0, 0.05) is 18.8 Å². The number of rotatable bonds is 4. The van der Waals surface area contributed by atoms with Crippen molar-refractivity contribution in [3.05, 3.63) is 29.8 Å². The van der Waals surface area contributed by atoms with Crippen LogP contribution in [-0.2, 0) is 14.3 Å². The molecule has 1 aliphatic heterocycles.